The van der Waals surface area contributed by atoms with E-state index in [0.717, 1.165) is 22.2 Å². The molecule has 1 heterocycles. The molecule has 0 atom stereocenters. The van der Waals surface area contributed by atoms with Crippen LogP contribution in [-0.2, 0) is 13.6 Å². The number of fused-ring (bicyclic) bond motifs is 1. The van der Waals surface area contributed by atoms with E-state index in [1.165, 1.54) is 0 Å². The molecule has 0 unspecified atom stereocenters. The van der Waals surface area contributed by atoms with Gasteiger partial charge in [-0.2, -0.15) is 0 Å². The van der Waals surface area contributed by atoms with Gasteiger partial charge in [-0.25, -0.2) is 5.48 Å². The van der Waals surface area contributed by atoms with E-state index < -0.39 is 5.91 Å². The number of aryl methyl sites for hydroxylation is 2. The topological polar surface area (TPSA) is 92.6 Å². The third-order valence-corrected chi connectivity index (χ3v) is 4.53. The number of rotatable bonds is 5. The Bertz CT molecular complexity index is 1070. The zero-order chi connectivity index (χ0) is 19.6. The molecule has 7 nitrogen and oxygen atoms in total. The van der Waals surface area contributed by atoms with Crippen molar-refractivity contribution in [2.45, 2.75) is 13.5 Å². The van der Waals surface area contributed by atoms with Crippen LogP contribution in [0, 0.1) is 6.92 Å². The van der Waals surface area contributed by atoms with Crippen molar-refractivity contribution in [3.05, 3.63) is 69.5 Å². The highest BCUT2D eigenvalue weighted by molar-refractivity contribution is 5.93. The van der Waals surface area contributed by atoms with E-state index >= 15 is 0 Å². The molecule has 0 bridgehead atoms. The molecule has 3 N–H and O–H groups in total. The molecule has 1 amide bonds. The van der Waals surface area contributed by atoms with Crippen molar-refractivity contribution in [1.29, 1.82) is 0 Å². The SMILES string of the molecule is COc1ccc(C(=O)NO)cc1CNc1ccc2c(c1)cc(C)c(=O)n2C. The zero-order valence-electron chi connectivity index (χ0n) is 15.4. The molecule has 3 aromatic rings. The van der Waals surface area contributed by atoms with Gasteiger partial charge in [0.2, 0.25) is 0 Å². The fourth-order valence-electron chi connectivity index (χ4n) is 3.07. The van der Waals surface area contributed by atoms with Crippen LogP contribution < -0.4 is 21.1 Å². The quantitative estimate of drug-likeness (QED) is 0.476. The van der Waals surface area contributed by atoms with Gasteiger partial charge in [-0.05, 0) is 49.4 Å². The summed E-state index contributed by atoms with van der Waals surface area (Å²) in [5, 5.41) is 13.1. The lowest BCUT2D eigenvalue weighted by Gasteiger charge is -2.13. The van der Waals surface area contributed by atoms with Crippen molar-refractivity contribution >= 4 is 22.5 Å². The fourth-order valence-corrected chi connectivity index (χ4v) is 3.07. The number of carbonyl (C=O) groups excluding carboxylic acids is 1. The van der Waals surface area contributed by atoms with Crippen molar-refractivity contribution in [3.8, 4) is 5.75 Å². The Labute approximate surface area is 156 Å². The number of hydrogen-bond donors (Lipinski definition) is 3. The minimum Gasteiger partial charge on any atom is -0.496 e. The summed E-state index contributed by atoms with van der Waals surface area (Å²) in [5.74, 6) is 0.0528. The summed E-state index contributed by atoms with van der Waals surface area (Å²) >= 11 is 0. The standard InChI is InChI=1S/C20H21N3O4/c1-12-8-14-10-16(5-6-17(14)23(2)20(12)25)21-11-15-9-13(19(24)22-26)4-7-18(15)27-3/h4-10,21,26H,11H2,1-3H3,(H,22,24). The van der Waals surface area contributed by atoms with Crippen LogP contribution in [0.1, 0.15) is 21.5 Å². The number of carbonyl (C=O) groups is 1. The van der Waals surface area contributed by atoms with Gasteiger partial charge in [0.25, 0.3) is 11.5 Å². The van der Waals surface area contributed by atoms with E-state index in [-0.39, 0.29) is 5.56 Å². The van der Waals surface area contributed by atoms with Gasteiger partial charge in [-0.1, -0.05) is 0 Å². The third-order valence-electron chi connectivity index (χ3n) is 4.53. The summed E-state index contributed by atoms with van der Waals surface area (Å²) in [6, 6.07) is 12.5. The maximum atomic E-state index is 12.0. The Morgan fingerprint density at radius 1 is 1.19 bits per heavy atom. The number of benzene rings is 2. The highest BCUT2D eigenvalue weighted by Gasteiger charge is 2.10. The molecule has 0 fully saturated rings. The molecule has 0 aliphatic heterocycles. The first kappa shape index (κ1) is 18.5. The molecule has 2 aromatic carbocycles. The molecule has 0 aliphatic carbocycles. The first-order chi connectivity index (χ1) is 12.9. The van der Waals surface area contributed by atoms with Crippen LogP contribution in [0.2, 0.25) is 0 Å². The minimum absolute atomic E-state index is 0.00748. The fraction of sp³-hybridized carbons (Fsp3) is 0.200. The Balaban J connectivity index is 1.89. The first-order valence-corrected chi connectivity index (χ1v) is 8.40. The third kappa shape index (κ3) is 3.63. The first-order valence-electron chi connectivity index (χ1n) is 8.40. The second-order valence-corrected chi connectivity index (χ2v) is 6.29. The summed E-state index contributed by atoms with van der Waals surface area (Å²) < 4.78 is 6.98. The molecule has 140 valence electrons. The van der Waals surface area contributed by atoms with E-state index in [9.17, 15) is 9.59 Å². The van der Waals surface area contributed by atoms with Gasteiger partial charge in [-0.3, -0.25) is 14.8 Å². The molecular formula is C20H21N3O4. The van der Waals surface area contributed by atoms with Crippen LogP contribution in [0.5, 0.6) is 5.75 Å². The van der Waals surface area contributed by atoms with Crippen LogP contribution in [-0.4, -0.2) is 22.8 Å². The average Bonchev–Trinajstić information content (AvgIpc) is 2.69. The van der Waals surface area contributed by atoms with Crippen LogP contribution in [0.15, 0.2) is 47.3 Å². The number of aromatic nitrogens is 1. The van der Waals surface area contributed by atoms with Gasteiger partial charge >= 0.3 is 0 Å². The van der Waals surface area contributed by atoms with Crippen molar-refractivity contribution in [1.82, 2.24) is 10.0 Å². The number of nitrogens with one attached hydrogen (secondary N) is 2. The van der Waals surface area contributed by atoms with E-state index in [0.29, 0.717) is 23.4 Å². The zero-order valence-corrected chi connectivity index (χ0v) is 15.4. The van der Waals surface area contributed by atoms with E-state index in [2.05, 4.69) is 5.32 Å². The van der Waals surface area contributed by atoms with Crippen LogP contribution >= 0.6 is 0 Å². The lowest BCUT2D eigenvalue weighted by Crippen LogP contribution is -2.19. The van der Waals surface area contributed by atoms with Crippen molar-refractivity contribution in [3.63, 3.8) is 0 Å². The van der Waals surface area contributed by atoms with Crippen LogP contribution in [0.25, 0.3) is 10.9 Å². The van der Waals surface area contributed by atoms with Crippen LogP contribution in [0.4, 0.5) is 5.69 Å². The molecular weight excluding hydrogens is 346 g/mol. The molecule has 0 saturated heterocycles. The predicted octanol–water partition coefficient (Wildman–Crippen LogP) is 2.59. The van der Waals surface area contributed by atoms with E-state index in [1.54, 1.807) is 49.3 Å². The monoisotopic (exact) mass is 367 g/mol. The highest BCUT2D eigenvalue weighted by atomic mass is 16.5. The Morgan fingerprint density at radius 2 is 1.96 bits per heavy atom. The molecule has 0 spiro atoms. The Morgan fingerprint density at radius 3 is 2.67 bits per heavy atom. The summed E-state index contributed by atoms with van der Waals surface area (Å²) in [5.41, 5.74) is 5.14. The molecule has 7 heteroatoms. The van der Waals surface area contributed by atoms with Gasteiger partial charge in [0.15, 0.2) is 0 Å². The summed E-state index contributed by atoms with van der Waals surface area (Å²) in [4.78, 5) is 23.7. The normalized spacial score (nSPS) is 10.7. The van der Waals surface area contributed by atoms with Gasteiger partial charge in [0.05, 0.1) is 12.6 Å². The maximum Gasteiger partial charge on any atom is 0.274 e. The van der Waals surface area contributed by atoms with Gasteiger partial charge in [0, 0.05) is 41.4 Å². The number of pyridine rings is 1. The highest BCUT2D eigenvalue weighted by Crippen LogP contribution is 2.23. The predicted molar refractivity (Wildman–Crippen MR) is 103 cm³/mol. The minimum atomic E-state index is -0.582. The molecule has 0 aliphatic rings. The van der Waals surface area contributed by atoms with Gasteiger partial charge in [-0.15, -0.1) is 0 Å². The Hall–Kier alpha value is -3.32. The number of hydroxylamine groups is 1. The molecule has 0 radical (unpaired) electrons. The van der Waals surface area contributed by atoms with Crippen LogP contribution in [0.3, 0.4) is 0 Å². The summed E-state index contributed by atoms with van der Waals surface area (Å²) in [6.45, 7) is 2.22. The average molecular weight is 367 g/mol. The number of hydrogen-bond acceptors (Lipinski definition) is 5. The number of amides is 1. The second-order valence-electron chi connectivity index (χ2n) is 6.29. The number of methoxy groups -OCH3 is 1. The molecule has 0 saturated carbocycles. The lowest BCUT2D eigenvalue weighted by atomic mass is 10.1. The molecule has 1 aromatic heterocycles. The molecule has 27 heavy (non-hydrogen) atoms. The van der Waals surface area contributed by atoms with Crippen molar-refractivity contribution in [2.24, 2.45) is 7.05 Å². The largest absolute Gasteiger partial charge is 0.496 e. The van der Waals surface area contributed by atoms with Gasteiger partial charge in [0.1, 0.15) is 5.75 Å². The summed E-state index contributed by atoms with van der Waals surface area (Å²) in [6.07, 6.45) is 0. The van der Waals surface area contributed by atoms with Crippen molar-refractivity contribution in [2.75, 3.05) is 12.4 Å². The Kier molecular flexibility index (Phi) is 5.14. The number of anilines is 1. The lowest BCUT2D eigenvalue weighted by molar-refractivity contribution is 0.0706. The summed E-state index contributed by atoms with van der Waals surface area (Å²) in [7, 11) is 3.32. The number of ether oxygens (including phenoxy) is 1. The van der Waals surface area contributed by atoms with E-state index in [4.69, 9.17) is 9.94 Å². The second kappa shape index (κ2) is 7.51. The van der Waals surface area contributed by atoms with Crippen molar-refractivity contribution < 1.29 is 14.7 Å². The number of nitrogens with zero attached hydrogens (tertiary/aromatic N) is 1. The maximum absolute atomic E-state index is 12.0. The molecule has 3 rings (SSSR count). The smallest absolute Gasteiger partial charge is 0.274 e. The van der Waals surface area contributed by atoms with E-state index in [1.807, 2.05) is 24.3 Å². The van der Waals surface area contributed by atoms with Gasteiger partial charge < -0.3 is 14.6 Å².